The van der Waals surface area contributed by atoms with E-state index in [1.54, 1.807) is 0 Å². The molecule has 0 saturated carbocycles. The quantitative estimate of drug-likeness (QED) is 0.183. The van der Waals surface area contributed by atoms with Gasteiger partial charge in [0.05, 0.1) is 30.6 Å². The topological polar surface area (TPSA) is 61.5 Å². The van der Waals surface area contributed by atoms with Crippen molar-refractivity contribution >= 4 is 27.6 Å². The predicted octanol–water partition coefficient (Wildman–Crippen LogP) is 6.22. The molecule has 0 spiro atoms. The maximum atomic E-state index is 13.5. The molecule has 0 unspecified atom stereocenters. The van der Waals surface area contributed by atoms with E-state index in [0.29, 0.717) is 25.3 Å². The lowest BCUT2D eigenvalue weighted by Gasteiger charge is -2.21. The molecule has 0 atom stereocenters. The molecule has 7 heteroatoms. The monoisotopic (exact) mass is 536 g/mol. The molecule has 0 fully saturated rings. The van der Waals surface area contributed by atoms with Crippen LogP contribution in [-0.2, 0) is 31.3 Å². The Morgan fingerprint density at radius 1 is 0.950 bits per heavy atom. The number of para-hydroxylation sites is 1. The Labute approximate surface area is 234 Å². The molecule has 3 heterocycles. The molecule has 40 heavy (non-hydrogen) atoms. The van der Waals surface area contributed by atoms with Crippen LogP contribution in [0, 0.1) is 0 Å². The SMILES string of the molecule is CCOC(=O)c1c(CCCOc2cccc3ccccc23)c2cccc3c2n1CCCN(C)Cc1c-3cnn1C. The fourth-order valence-electron chi connectivity index (χ4n) is 6.07. The van der Waals surface area contributed by atoms with Crippen LogP contribution in [0.25, 0.3) is 32.8 Å². The lowest BCUT2D eigenvalue weighted by atomic mass is 9.99. The molecule has 0 bridgehead atoms. The number of hydrogen-bond donors (Lipinski definition) is 0. The van der Waals surface area contributed by atoms with Crippen LogP contribution < -0.4 is 4.74 Å². The molecule has 206 valence electrons. The van der Waals surface area contributed by atoms with Gasteiger partial charge in [-0.3, -0.25) is 4.68 Å². The van der Waals surface area contributed by atoms with Gasteiger partial charge in [-0.1, -0.05) is 54.6 Å². The van der Waals surface area contributed by atoms with Crippen molar-refractivity contribution in [3.63, 3.8) is 0 Å². The van der Waals surface area contributed by atoms with Crippen molar-refractivity contribution in [2.75, 3.05) is 26.8 Å². The van der Waals surface area contributed by atoms with Crippen LogP contribution in [0.4, 0.5) is 0 Å². The minimum atomic E-state index is -0.258. The zero-order chi connectivity index (χ0) is 27.6. The van der Waals surface area contributed by atoms with Gasteiger partial charge in [0.1, 0.15) is 11.4 Å². The van der Waals surface area contributed by atoms with Gasteiger partial charge in [0.25, 0.3) is 0 Å². The number of aryl methyl sites for hydroxylation is 3. The van der Waals surface area contributed by atoms with Gasteiger partial charge in [-0.15, -0.1) is 0 Å². The molecule has 7 nitrogen and oxygen atoms in total. The summed E-state index contributed by atoms with van der Waals surface area (Å²) in [6.45, 7) is 5.25. The zero-order valence-electron chi connectivity index (χ0n) is 23.5. The number of benzene rings is 3. The van der Waals surface area contributed by atoms with Gasteiger partial charge >= 0.3 is 5.97 Å². The van der Waals surface area contributed by atoms with Gasteiger partial charge < -0.3 is 18.9 Å². The highest BCUT2D eigenvalue weighted by atomic mass is 16.5. The molecule has 1 aliphatic heterocycles. The van der Waals surface area contributed by atoms with Crippen LogP contribution in [0.2, 0.25) is 0 Å². The first kappa shape index (κ1) is 26.1. The number of aromatic nitrogens is 3. The highest BCUT2D eigenvalue weighted by Crippen LogP contribution is 2.38. The summed E-state index contributed by atoms with van der Waals surface area (Å²) < 4.78 is 16.1. The maximum absolute atomic E-state index is 13.5. The van der Waals surface area contributed by atoms with E-state index in [9.17, 15) is 4.79 Å². The van der Waals surface area contributed by atoms with Crippen LogP contribution in [0.5, 0.6) is 5.75 Å². The van der Waals surface area contributed by atoms with E-state index in [2.05, 4.69) is 58.0 Å². The second kappa shape index (κ2) is 11.2. The molecule has 0 radical (unpaired) electrons. The van der Waals surface area contributed by atoms with Gasteiger partial charge in [-0.2, -0.15) is 5.10 Å². The normalized spacial score (nSPS) is 13.9. The largest absolute Gasteiger partial charge is 0.493 e. The van der Waals surface area contributed by atoms with Gasteiger partial charge in [-0.25, -0.2) is 4.79 Å². The standard InChI is InChI=1S/C33H36N4O3/c1-4-39-33(38)32-26(16-9-20-40-30-17-7-12-23-11-5-6-13-24(23)30)25-14-8-15-27-28-21-34-36(3)29(28)22-35(2)18-10-19-37(32)31(25)27/h5-8,11-15,17,21H,4,9-10,16,18-20,22H2,1-3H3. The Morgan fingerprint density at radius 3 is 2.62 bits per heavy atom. The number of ether oxygens (including phenoxy) is 2. The van der Waals surface area contributed by atoms with Gasteiger partial charge in [0, 0.05) is 42.0 Å². The van der Waals surface area contributed by atoms with E-state index < -0.39 is 0 Å². The van der Waals surface area contributed by atoms with E-state index in [4.69, 9.17) is 9.47 Å². The molecule has 2 aromatic heterocycles. The predicted molar refractivity (Wildman–Crippen MR) is 159 cm³/mol. The van der Waals surface area contributed by atoms with Crippen LogP contribution in [0.1, 0.15) is 41.5 Å². The van der Waals surface area contributed by atoms with Crippen molar-refractivity contribution < 1.29 is 14.3 Å². The van der Waals surface area contributed by atoms with Crippen LogP contribution in [0.15, 0.2) is 66.9 Å². The highest BCUT2D eigenvalue weighted by molar-refractivity contribution is 6.04. The van der Waals surface area contributed by atoms with Crippen molar-refractivity contribution in [3.05, 3.63) is 83.8 Å². The Kier molecular flexibility index (Phi) is 7.30. The van der Waals surface area contributed by atoms with Crippen molar-refractivity contribution in [2.45, 2.75) is 39.3 Å². The van der Waals surface area contributed by atoms with Crippen molar-refractivity contribution in [1.29, 1.82) is 0 Å². The van der Waals surface area contributed by atoms with Crippen LogP contribution >= 0.6 is 0 Å². The molecule has 0 aliphatic carbocycles. The number of hydrogen-bond acceptors (Lipinski definition) is 5. The van der Waals surface area contributed by atoms with Crippen molar-refractivity contribution in [1.82, 2.24) is 19.2 Å². The molecule has 5 aromatic rings. The number of rotatable bonds is 7. The molecule has 0 N–H and O–H groups in total. The number of esters is 1. The molecule has 0 saturated heterocycles. The third kappa shape index (κ3) is 4.75. The lowest BCUT2D eigenvalue weighted by Crippen LogP contribution is -2.24. The Bertz CT molecular complexity index is 1680. The van der Waals surface area contributed by atoms with E-state index in [1.165, 1.54) is 5.69 Å². The van der Waals surface area contributed by atoms with E-state index in [0.717, 1.165) is 76.6 Å². The van der Waals surface area contributed by atoms with Gasteiger partial charge in [0.15, 0.2) is 0 Å². The molecule has 6 rings (SSSR count). The lowest BCUT2D eigenvalue weighted by molar-refractivity contribution is 0.0512. The highest BCUT2D eigenvalue weighted by Gasteiger charge is 2.27. The smallest absolute Gasteiger partial charge is 0.355 e. The van der Waals surface area contributed by atoms with E-state index in [-0.39, 0.29) is 5.97 Å². The van der Waals surface area contributed by atoms with Gasteiger partial charge in [0.2, 0.25) is 0 Å². The summed E-state index contributed by atoms with van der Waals surface area (Å²) in [5.41, 5.74) is 6.20. The molecule has 0 amide bonds. The van der Waals surface area contributed by atoms with Crippen LogP contribution in [0.3, 0.4) is 0 Å². The van der Waals surface area contributed by atoms with E-state index >= 15 is 0 Å². The fourth-order valence-corrected chi connectivity index (χ4v) is 6.07. The van der Waals surface area contributed by atoms with Gasteiger partial charge in [-0.05, 0) is 56.8 Å². The first-order chi connectivity index (χ1) is 19.6. The first-order valence-corrected chi connectivity index (χ1v) is 14.2. The average Bonchev–Trinajstić information content (AvgIpc) is 3.48. The molecular weight excluding hydrogens is 500 g/mol. The first-order valence-electron chi connectivity index (χ1n) is 14.2. The number of nitrogens with zero attached hydrogens (tertiary/aromatic N) is 4. The average molecular weight is 537 g/mol. The summed E-state index contributed by atoms with van der Waals surface area (Å²) in [5.74, 6) is 0.631. The Morgan fingerprint density at radius 2 is 1.75 bits per heavy atom. The molecule has 3 aromatic carbocycles. The Hall–Kier alpha value is -4.10. The maximum Gasteiger partial charge on any atom is 0.355 e. The second-order valence-corrected chi connectivity index (χ2v) is 10.6. The fraction of sp³-hybridized carbons (Fsp3) is 0.333. The number of carbonyl (C=O) groups excluding carboxylic acids is 1. The second-order valence-electron chi connectivity index (χ2n) is 10.6. The number of fused-ring (bicyclic) bond motifs is 3. The molecular formula is C33H36N4O3. The van der Waals surface area contributed by atoms with Crippen molar-refractivity contribution in [3.8, 4) is 16.9 Å². The molecule has 1 aliphatic rings. The minimum absolute atomic E-state index is 0.258. The van der Waals surface area contributed by atoms with Crippen LogP contribution in [-0.4, -0.2) is 52.0 Å². The zero-order valence-corrected chi connectivity index (χ0v) is 23.5. The summed E-state index contributed by atoms with van der Waals surface area (Å²) in [4.78, 5) is 15.8. The summed E-state index contributed by atoms with van der Waals surface area (Å²) in [7, 11) is 4.15. The summed E-state index contributed by atoms with van der Waals surface area (Å²) in [5, 5.41) is 8.00. The third-order valence-corrected chi connectivity index (χ3v) is 7.93. The minimum Gasteiger partial charge on any atom is -0.493 e. The summed E-state index contributed by atoms with van der Waals surface area (Å²) >= 11 is 0. The number of carbonyl (C=O) groups is 1. The van der Waals surface area contributed by atoms with Crippen molar-refractivity contribution in [2.24, 2.45) is 7.05 Å². The summed E-state index contributed by atoms with van der Waals surface area (Å²) in [6.07, 6.45) is 4.38. The Balaban J connectivity index is 1.40. The summed E-state index contributed by atoms with van der Waals surface area (Å²) in [6, 6.07) is 20.8. The third-order valence-electron chi connectivity index (χ3n) is 7.93. The van der Waals surface area contributed by atoms with E-state index in [1.807, 2.05) is 49.1 Å².